The summed E-state index contributed by atoms with van der Waals surface area (Å²) in [5.41, 5.74) is 1.89. The van der Waals surface area contributed by atoms with E-state index in [2.05, 4.69) is 25.5 Å². The van der Waals surface area contributed by atoms with Crippen LogP contribution in [0.25, 0.3) is 5.65 Å². The normalized spacial score (nSPS) is 10.7. The highest BCUT2D eigenvalue weighted by Crippen LogP contribution is 2.12. The lowest BCUT2D eigenvalue weighted by atomic mass is 10.3. The zero-order valence-electron chi connectivity index (χ0n) is 9.58. The van der Waals surface area contributed by atoms with Gasteiger partial charge in [0.15, 0.2) is 0 Å². The summed E-state index contributed by atoms with van der Waals surface area (Å²) in [6.07, 6.45) is 3.13. The first kappa shape index (κ1) is 10.5. The average molecular weight is 242 g/mol. The minimum absolute atomic E-state index is 0.275. The zero-order valence-corrected chi connectivity index (χ0v) is 9.58. The number of rotatable bonds is 2. The van der Waals surface area contributed by atoms with Crippen LogP contribution in [-0.4, -0.2) is 30.5 Å². The first-order valence-electron chi connectivity index (χ1n) is 5.36. The molecule has 2 N–H and O–H groups in total. The number of hydrogen-bond acceptors (Lipinski definition) is 4. The second-order valence-corrected chi connectivity index (χ2v) is 3.76. The highest BCUT2D eigenvalue weighted by molar-refractivity contribution is 6.03. The monoisotopic (exact) mass is 242 g/mol. The van der Waals surface area contributed by atoms with Crippen LogP contribution in [0.5, 0.6) is 0 Å². The number of nitrogens with one attached hydrogen (secondary N) is 2. The second-order valence-electron chi connectivity index (χ2n) is 3.76. The van der Waals surface area contributed by atoms with Crippen molar-refractivity contribution in [2.75, 3.05) is 5.32 Å². The molecule has 0 aromatic carbocycles. The third kappa shape index (κ3) is 1.61. The van der Waals surface area contributed by atoms with Crippen LogP contribution in [0.1, 0.15) is 16.2 Å². The minimum atomic E-state index is -0.275. The van der Waals surface area contributed by atoms with Crippen LogP contribution in [0.4, 0.5) is 5.95 Å². The first-order valence-corrected chi connectivity index (χ1v) is 5.36. The van der Waals surface area contributed by atoms with E-state index in [-0.39, 0.29) is 5.91 Å². The summed E-state index contributed by atoms with van der Waals surface area (Å²) in [4.78, 5) is 20.3. The van der Waals surface area contributed by atoms with Gasteiger partial charge in [0.1, 0.15) is 17.7 Å². The van der Waals surface area contributed by atoms with Crippen LogP contribution >= 0.6 is 0 Å². The molecule has 0 radical (unpaired) electrons. The zero-order chi connectivity index (χ0) is 12.5. The number of pyridine rings is 1. The SMILES string of the molecule is Cc1nc2ccccn2c1C(=O)Nc1ncn[nH]1. The molecular weight excluding hydrogens is 232 g/mol. The third-order valence-electron chi connectivity index (χ3n) is 2.57. The van der Waals surface area contributed by atoms with Gasteiger partial charge in [0.25, 0.3) is 5.91 Å². The van der Waals surface area contributed by atoms with E-state index in [4.69, 9.17) is 0 Å². The molecule has 7 nitrogen and oxygen atoms in total. The first-order chi connectivity index (χ1) is 8.75. The van der Waals surface area contributed by atoms with Crippen LogP contribution in [0.2, 0.25) is 0 Å². The molecule has 3 rings (SSSR count). The van der Waals surface area contributed by atoms with E-state index in [1.807, 2.05) is 18.2 Å². The molecular formula is C11H10N6O. The Bertz CT molecular complexity index is 699. The van der Waals surface area contributed by atoms with E-state index >= 15 is 0 Å². The molecule has 0 aliphatic carbocycles. The molecule has 0 aliphatic rings. The molecule has 7 heteroatoms. The number of H-pyrrole nitrogens is 1. The van der Waals surface area contributed by atoms with Crippen LogP contribution in [0, 0.1) is 6.92 Å². The van der Waals surface area contributed by atoms with Crippen molar-refractivity contribution in [3.63, 3.8) is 0 Å². The van der Waals surface area contributed by atoms with Gasteiger partial charge in [0.05, 0.1) is 5.69 Å². The second kappa shape index (κ2) is 3.95. The lowest BCUT2D eigenvalue weighted by Crippen LogP contribution is -2.16. The maximum atomic E-state index is 12.1. The maximum Gasteiger partial charge on any atom is 0.276 e. The minimum Gasteiger partial charge on any atom is -0.295 e. The Morgan fingerprint density at radius 3 is 3.11 bits per heavy atom. The molecule has 3 aromatic rings. The molecule has 90 valence electrons. The fourth-order valence-electron chi connectivity index (χ4n) is 1.82. The quantitative estimate of drug-likeness (QED) is 0.702. The van der Waals surface area contributed by atoms with Crippen LogP contribution in [0.15, 0.2) is 30.7 Å². The van der Waals surface area contributed by atoms with Crippen molar-refractivity contribution in [2.24, 2.45) is 0 Å². The van der Waals surface area contributed by atoms with E-state index in [0.717, 1.165) is 5.65 Å². The van der Waals surface area contributed by atoms with Crippen molar-refractivity contribution in [3.05, 3.63) is 42.1 Å². The molecule has 3 heterocycles. The fourth-order valence-corrected chi connectivity index (χ4v) is 1.82. The van der Waals surface area contributed by atoms with Crippen LogP contribution < -0.4 is 5.32 Å². The predicted molar refractivity (Wildman–Crippen MR) is 64.3 cm³/mol. The van der Waals surface area contributed by atoms with Crippen molar-refractivity contribution in [1.29, 1.82) is 0 Å². The van der Waals surface area contributed by atoms with Gasteiger partial charge in [-0.25, -0.2) is 10.1 Å². The third-order valence-corrected chi connectivity index (χ3v) is 2.57. The van der Waals surface area contributed by atoms with E-state index in [1.54, 1.807) is 17.5 Å². The average Bonchev–Trinajstić information content (AvgIpc) is 2.94. The summed E-state index contributed by atoms with van der Waals surface area (Å²) in [5.74, 6) is 0.0354. The van der Waals surface area contributed by atoms with E-state index < -0.39 is 0 Å². The molecule has 0 atom stereocenters. The van der Waals surface area contributed by atoms with Crippen molar-refractivity contribution < 1.29 is 4.79 Å². The molecule has 0 unspecified atom stereocenters. The fraction of sp³-hybridized carbons (Fsp3) is 0.0909. The Labute approximate surface area is 102 Å². The van der Waals surface area contributed by atoms with E-state index in [9.17, 15) is 4.79 Å². The van der Waals surface area contributed by atoms with Gasteiger partial charge in [-0.1, -0.05) is 6.07 Å². The number of imidazole rings is 1. The van der Waals surface area contributed by atoms with Crippen LogP contribution in [0.3, 0.4) is 0 Å². The Balaban J connectivity index is 2.03. The number of nitrogens with zero attached hydrogens (tertiary/aromatic N) is 4. The van der Waals surface area contributed by atoms with Gasteiger partial charge in [0, 0.05) is 6.20 Å². The number of hydrogen-bond donors (Lipinski definition) is 2. The molecule has 0 aliphatic heterocycles. The van der Waals surface area contributed by atoms with Gasteiger partial charge < -0.3 is 0 Å². The lowest BCUT2D eigenvalue weighted by Gasteiger charge is -2.02. The summed E-state index contributed by atoms with van der Waals surface area (Å²) >= 11 is 0. The molecule has 1 amide bonds. The number of aryl methyl sites for hydroxylation is 1. The summed E-state index contributed by atoms with van der Waals surface area (Å²) in [6.45, 7) is 1.79. The molecule has 0 saturated heterocycles. The molecule has 3 aromatic heterocycles. The highest BCUT2D eigenvalue weighted by atomic mass is 16.2. The van der Waals surface area contributed by atoms with Crippen LogP contribution in [-0.2, 0) is 0 Å². The summed E-state index contributed by atoms with van der Waals surface area (Å²) in [5, 5.41) is 8.87. The number of aromatic nitrogens is 5. The summed E-state index contributed by atoms with van der Waals surface area (Å²) in [7, 11) is 0. The van der Waals surface area contributed by atoms with E-state index in [1.165, 1.54) is 6.33 Å². The van der Waals surface area contributed by atoms with Gasteiger partial charge in [-0.15, -0.1) is 0 Å². The Morgan fingerprint density at radius 1 is 1.44 bits per heavy atom. The van der Waals surface area contributed by atoms with Gasteiger partial charge in [-0.3, -0.25) is 14.5 Å². The smallest absolute Gasteiger partial charge is 0.276 e. The predicted octanol–water partition coefficient (Wildman–Crippen LogP) is 1.01. The standard InChI is InChI=1S/C11H10N6O/c1-7-9(10(18)15-11-12-6-13-16-11)17-5-3-2-4-8(17)14-7/h2-6H,1H3,(H2,12,13,15,16,18). The van der Waals surface area contributed by atoms with Crippen molar-refractivity contribution in [2.45, 2.75) is 6.92 Å². The topological polar surface area (TPSA) is 88.0 Å². The Kier molecular flexibility index (Phi) is 2.30. The van der Waals surface area contributed by atoms with Gasteiger partial charge in [0.2, 0.25) is 5.95 Å². The van der Waals surface area contributed by atoms with Crippen molar-refractivity contribution in [1.82, 2.24) is 24.6 Å². The van der Waals surface area contributed by atoms with Gasteiger partial charge >= 0.3 is 0 Å². The Hall–Kier alpha value is -2.70. The molecule has 0 fully saturated rings. The maximum absolute atomic E-state index is 12.1. The Morgan fingerprint density at radius 2 is 2.33 bits per heavy atom. The molecule has 18 heavy (non-hydrogen) atoms. The van der Waals surface area contributed by atoms with Crippen molar-refractivity contribution >= 4 is 17.5 Å². The molecule has 0 saturated carbocycles. The molecule has 0 spiro atoms. The lowest BCUT2D eigenvalue weighted by molar-refractivity contribution is 0.102. The number of carbonyl (C=O) groups excluding carboxylic acids is 1. The summed E-state index contributed by atoms with van der Waals surface area (Å²) in [6, 6.07) is 5.57. The number of aromatic amines is 1. The largest absolute Gasteiger partial charge is 0.295 e. The number of carbonyl (C=O) groups is 1. The number of fused-ring (bicyclic) bond motifs is 1. The number of amides is 1. The van der Waals surface area contributed by atoms with Gasteiger partial charge in [-0.2, -0.15) is 10.1 Å². The molecule has 0 bridgehead atoms. The number of anilines is 1. The van der Waals surface area contributed by atoms with Gasteiger partial charge in [-0.05, 0) is 19.1 Å². The highest BCUT2D eigenvalue weighted by Gasteiger charge is 2.16. The summed E-state index contributed by atoms with van der Waals surface area (Å²) < 4.78 is 1.74. The van der Waals surface area contributed by atoms with Crippen molar-refractivity contribution in [3.8, 4) is 0 Å². The van der Waals surface area contributed by atoms with E-state index in [0.29, 0.717) is 17.3 Å².